The zero-order valence-corrected chi connectivity index (χ0v) is 14.3. The van der Waals surface area contributed by atoms with E-state index in [1.54, 1.807) is 19.9 Å². The van der Waals surface area contributed by atoms with Crippen molar-refractivity contribution in [2.75, 3.05) is 6.61 Å². The summed E-state index contributed by atoms with van der Waals surface area (Å²) in [5, 5.41) is 0. The molecule has 0 amide bonds. The minimum atomic E-state index is -0.708. The predicted molar refractivity (Wildman–Crippen MR) is 91.2 cm³/mol. The van der Waals surface area contributed by atoms with Gasteiger partial charge < -0.3 is 19.6 Å². The second-order valence-corrected chi connectivity index (χ2v) is 5.87. The Hall–Kier alpha value is -3.02. The fourth-order valence-electron chi connectivity index (χ4n) is 2.92. The van der Waals surface area contributed by atoms with E-state index in [4.69, 9.17) is 19.6 Å². The van der Waals surface area contributed by atoms with Crippen molar-refractivity contribution in [3.8, 4) is 5.75 Å². The lowest BCUT2D eigenvalue weighted by Crippen LogP contribution is -2.31. The molecular weight excluding hydrogens is 322 g/mol. The van der Waals surface area contributed by atoms with E-state index in [2.05, 4.69) is 0 Å². The van der Waals surface area contributed by atoms with E-state index in [1.807, 2.05) is 31.2 Å². The summed E-state index contributed by atoms with van der Waals surface area (Å²) in [7, 11) is 0. The summed E-state index contributed by atoms with van der Waals surface area (Å²) in [5.41, 5.74) is 7.59. The number of fused-ring (bicyclic) bond motifs is 1. The molecule has 1 aromatic carbocycles. The first kappa shape index (κ1) is 16.8. The summed E-state index contributed by atoms with van der Waals surface area (Å²) in [6, 6.07) is 9.09. The lowest BCUT2D eigenvalue weighted by molar-refractivity contribution is -0.139. The van der Waals surface area contributed by atoms with Crippen LogP contribution in [-0.4, -0.2) is 12.6 Å². The third-order valence-electron chi connectivity index (χ3n) is 4.04. The molecule has 1 aliphatic heterocycles. The van der Waals surface area contributed by atoms with E-state index in [0.717, 1.165) is 11.1 Å². The van der Waals surface area contributed by atoms with Gasteiger partial charge in [0, 0.05) is 6.07 Å². The Labute approximate surface area is 144 Å². The number of esters is 1. The molecule has 0 saturated carbocycles. The van der Waals surface area contributed by atoms with Crippen molar-refractivity contribution < 1.29 is 18.7 Å². The van der Waals surface area contributed by atoms with Gasteiger partial charge in [-0.2, -0.15) is 0 Å². The molecule has 0 aliphatic carbocycles. The Bertz CT molecular complexity index is 908. The number of carbonyl (C=O) groups excluding carboxylic acids is 1. The molecule has 1 aromatic heterocycles. The minimum Gasteiger partial charge on any atom is -0.462 e. The Morgan fingerprint density at radius 3 is 2.56 bits per heavy atom. The Morgan fingerprint density at radius 1 is 1.24 bits per heavy atom. The van der Waals surface area contributed by atoms with Crippen LogP contribution in [0.5, 0.6) is 5.75 Å². The SMILES string of the molecule is CCOC(=O)C1=C(N)Oc2cc(C)oc(=O)c2C1c1ccc(C)cc1. The van der Waals surface area contributed by atoms with Gasteiger partial charge in [-0.05, 0) is 26.3 Å². The molecule has 2 N–H and O–H groups in total. The van der Waals surface area contributed by atoms with Gasteiger partial charge in [-0.1, -0.05) is 29.8 Å². The van der Waals surface area contributed by atoms with Gasteiger partial charge in [0.15, 0.2) is 0 Å². The van der Waals surface area contributed by atoms with Gasteiger partial charge in [-0.25, -0.2) is 9.59 Å². The standard InChI is InChI=1S/C19H19NO5/c1-4-23-18(21)16-14(12-7-5-10(2)6-8-12)15-13(25-17(16)20)9-11(3)24-19(15)22/h5-9,14H,4,20H2,1-3H3. The maximum atomic E-state index is 12.5. The number of hydrogen-bond acceptors (Lipinski definition) is 6. The van der Waals surface area contributed by atoms with Crippen molar-refractivity contribution in [2.24, 2.45) is 5.73 Å². The van der Waals surface area contributed by atoms with Crippen molar-refractivity contribution in [2.45, 2.75) is 26.7 Å². The van der Waals surface area contributed by atoms with Gasteiger partial charge in [-0.15, -0.1) is 0 Å². The fourth-order valence-corrected chi connectivity index (χ4v) is 2.92. The largest absolute Gasteiger partial charge is 0.462 e. The second-order valence-electron chi connectivity index (χ2n) is 5.87. The predicted octanol–water partition coefficient (Wildman–Crippen LogP) is 2.51. The molecule has 6 nitrogen and oxygen atoms in total. The molecule has 6 heteroatoms. The molecule has 1 unspecified atom stereocenters. The number of benzene rings is 1. The smallest absolute Gasteiger partial charge is 0.343 e. The Morgan fingerprint density at radius 2 is 1.92 bits per heavy atom. The van der Waals surface area contributed by atoms with Crippen LogP contribution in [0.4, 0.5) is 0 Å². The number of nitrogens with two attached hydrogens (primary N) is 1. The monoisotopic (exact) mass is 341 g/mol. The van der Waals surface area contributed by atoms with E-state index in [9.17, 15) is 9.59 Å². The van der Waals surface area contributed by atoms with E-state index < -0.39 is 17.5 Å². The number of carbonyl (C=O) groups is 1. The van der Waals surface area contributed by atoms with Crippen molar-refractivity contribution in [3.63, 3.8) is 0 Å². The summed E-state index contributed by atoms with van der Waals surface area (Å²) in [4.78, 5) is 25.0. The van der Waals surface area contributed by atoms with Gasteiger partial charge in [0.05, 0.1) is 18.1 Å². The molecule has 0 bridgehead atoms. The van der Waals surface area contributed by atoms with Crippen LogP contribution in [0.15, 0.2) is 51.0 Å². The normalized spacial score (nSPS) is 16.2. The van der Waals surface area contributed by atoms with Crippen LogP contribution in [0.2, 0.25) is 0 Å². The first-order chi connectivity index (χ1) is 11.9. The lowest BCUT2D eigenvalue weighted by atomic mass is 9.83. The van der Waals surface area contributed by atoms with Crippen LogP contribution in [0.1, 0.15) is 35.3 Å². The van der Waals surface area contributed by atoms with Crippen LogP contribution in [-0.2, 0) is 9.53 Å². The molecule has 25 heavy (non-hydrogen) atoms. The van der Waals surface area contributed by atoms with E-state index in [1.165, 1.54) is 0 Å². The highest BCUT2D eigenvalue weighted by Gasteiger charge is 2.38. The van der Waals surface area contributed by atoms with Crippen LogP contribution in [0, 0.1) is 13.8 Å². The number of ether oxygens (including phenoxy) is 2. The summed E-state index contributed by atoms with van der Waals surface area (Å²) in [6.45, 7) is 5.49. The molecule has 0 fully saturated rings. The average Bonchev–Trinajstić information content (AvgIpc) is 2.54. The second kappa shape index (κ2) is 6.47. The molecular formula is C19H19NO5. The highest BCUT2D eigenvalue weighted by molar-refractivity contribution is 5.92. The molecule has 0 spiro atoms. The molecule has 3 rings (SSSR count). The van der Waals surface area contributed by atoms with Gasteiger partial charge in [0.1, 0.15) is 17.1 Å². The maximum absolute atomic E-state index is 12.5. The number of aryl methyl sites for hydroxylation is 2. The Kier molecular flexibility index (Phi) is 4.35. The van der Waals surface area contributed by atoms with Gasteiger partial charge in [-0.3, -0.25) is 0 Å². The third kappa shape index (κ3) is 3.03. The van der Waals surface area contributed by atoms with Crippen LogP contribution >= 0.6 is 0 Å². The van der Waals surface area contributed by atoms with Crippen molar-refractivity contribution in [3.05, 3.63) is 74.7 Å². The molecule has 1 atom stereocenters. The first-order valence-corrected chi connectivity index (χ1v) is 7.98. The first-order valence-electron chi connectivity index (χ1n) is 7.98. The topological polar surface area (TPSA) is 91.8 Å². The van der Waals surface area contributed by atoms with Crippen molar-refractivity contribution in [1.82, 2.24) is 0 Å². The van der Waals surface area contributed by atoms with Gasteiger partial charge >= 0.3 is 11.6 Å². The van der Waals surface area contributed by atoms with Crippen LogP contribution < -0.4 is 16.1 Å². The summed E-state index contributed by atoms with van der Waals surface area (Å²) >= 11 is 0. The van der Waals surface area contributed by atoms with Crippen molar-refractivity contribution >= 4 is 5.97 Å². The molecule has 0 radical (unpaired) electrons. The van der Waals surface area contributed by atoms with Gasteiger partial charge in [0.2, 0.25) is 5.88 Å². The third-order valence-corrected chi connectivity index (χ3v) is 4.04. The number of hydrogen-bond donors (Lipinski definition) is 1. The molecule has 130 valence electrons. The lowest BCUT2D eigenvalue weighted by Gasteiger charge is -2.27. The fraction of sp³-hybridized carbons (Fsp3) is 0.263. The molecule has 1 aliphatic rings. The summed E-state index contributed by atoms with van der Waals surface area (Å²) < 4.78 is 15.9. The van der Waals surface area contributed by atoms with E-state index in [-0.39, 0.29) is 23.6 Å². The van der Waals surface area contributed by atoms with E-state index >= 15 is 0 Å². The quantitative estimate of drug-likeness (QED) is 0.863. The highest BCUT2D eigenvalue weighted by atomic mass is 16.5. The van der Waals surface area contributed by atoms with Gasteiger partial charge in [0.25, 0.3) is 0 Å². The molecule has 0 saturated heterocycles. The molecule has 2 aromatic rings. The summed E-state index contributed by atoms with van der Waals surface area (Å²) in [5.74, 6) is -0.693. The van der Waals surface area contributed by atoms with E-state index in [0.29, 0.717) is 11.5 Å². The van der Waals surface area contributed by atoms with Crippen molar-refractivity contribution in [1.29, 1.82) is 0 Å². The average molecular weight is 341 g/mol. The maximum Gasteiger partial charge on any atom is 0.343 e. The minimum absolute atomic E-state index is 0.0680. The highest BCUT2D eigenvalue weighted by Crippen LogP contribution is 2.41. The molecule has 2 heterocycles. The number of rotatable bonds is 3. The summed E-state index contributed by atoms with van der Waals surface area (Å²) in [6.07, 6.45) is 0. The Balaban J connectivity index is 2.26. The zero-order chi connectivity index (χ0) is 18.1. The van der Waals surface area contributed by atoms with Crippen LogP contribution in [0.3, 0.4) is 0 Å². The van der Waals surface area contributed by atoms with Crippen LogP contribution in [0.25, 0.3) is 0 Å². The zero-order valence-electron chi connectivity index (χ0n) is 14.3.